The number of halogens is 1. The predicted molar refractivity (Wildman–Crippen MR) is 55.7 cm³/mol. The van der Waals surface area contributed by atoms with Gasteiger partial charge in [-0.15, -0.1) is 0 Å². The molecule has 0 aliphatic rings. The van der Waals surface area contributed by atoms with Gasteiger partial charge in [-0.05, 0) is 24.6 Å². The highest BCUT2D eigenvalue weighted by Gasteiger charge is 2.18. The Morgan fingerprint density at radius 1 is 1.44 bits per heavy atom. The number of aromatic carboxylic acids is 1. The zero-order chi connectivity index (χ0) is 12.3. The molecule has 0 fully saturated rings. The molecule has 0 heterocycles. The summed E-state index contributed by atoms with van der Waals surface area (Å²) in [5.41, 5.74) is -0.628. The Kier molecular flexibility index (Phi) is 3.64. The van der Waals surface area contributed by atoms with Crippen LogP contribution in [0.2, 0.25) is 0 Å². The Morgan fingerprint density at radius 3 is 2.56 bits per heavy atom. The summed E-state index contributed by atoms with van der Waals surface area (Å²) in [5.74, 6) is -2.51. The summed E-state index contributed by atoms with van der Waals surface area (Å²) in [6.07, 6.45) is 0.419. The minimum atomic E-state index is -3.51. The van der Waals surface area contributed by atoms with Gasteiger partial charge in [0, 0.05) is 0 Å². The third-order valence-corrected chi connectivity index (χ3v) is 3.92. The number of hydrogen-bond donors (Lipinski definition) is 1. The number of carboxylic acid groups (broad SMARTS) is 1. The number of hydrogen-bond acceptors (Lipinski definition) is 3. The largest absolute Gasteiger partial charge is 0.478 e. The second-order valence-corrected chi connectivity index (χ2v) is 5.37. The van der Waals surface area contributed by atoms with E-state index < -0.39 is 27.2 Å². The van der Waals surface area contributed by atoms with E-state index in [1.54, 1.807) is 6.92 Å². The highest BCUT2D eigenvalue weighted by Crippen LogP contribution is 2.17. The molecule has 1 rings (SSSR count). The zero-order valence-corrected chi connectivity index (χ0v) is 9.42. The van der Waals surface area contributed by atoms with E-state index in [0.717, 1.165) is 18.2 Å². The summed E-state index contributed by atoms with van der Waals surface area (Å²) in [7, 11) is -3.51. The minimum absolute atomic E-state index is 0.0856. The molecule has 6 heteroatoms. The van der Waals surface area contributed by atoms with Crippen LogP contribution in [0.25, 0.3) is 0 Å². The van der Waals surface area contributed by atoms with Crippen molar-refractivity contribution in [2.24, 2.45) is 0 Å². The van der Waals surface area contributed by atoms with Gasteiger partial charge in [0.15, 0.2) is 9.84 Å². The highest BCUT2D eigenvalue weighted by molar-refractivity contribution is 7.91. The average Bonchev–Trinajstić information content (AvgIpc) is 2.17. The first-order chi connectivity index (χ1) is 7.38. The van der Waals surface area contributed by atoms with Crippen molar-refractivity contribution in [3.05, 3.63) is 29.6 Å². The van der Waals surface area contributed by atoms with Crippen molar-refractivity contribution in [3.63, 3.8) is 0 Å². The highest BCUT2D eigenvalue weighted by atomic mass is 32.2. The van der Waals surface area contributed by atoms with Gasteiger partial charge in [-0.25, -0.2) is 17.6 Å². The lowest BCUT2D eigenvalue weighted by Gasteiger charge is -2.04. The second-order valence-electron chi connectivity index (χ2n) is 3.27. The quantitative estimate of drug-likeness (QED) is 0.821. The molecule has 0 spiro atoms. The number of carbonyl (C=O) groups is 1. The zero-order valence-electron chi connectivity index (χ0n) is 8.60. The Labute approximate surface area is 92.6 Å². The van der Waals surface area contributed by atoms with E-state index in [1.165, 1.54) is 0 Å². The van der Waals surface area contributed by atoms with Gasteiger partial charge in [-0.3, -0.25) is 0 Å². The maximum atomic E-state index is 13.0. The number of carboxylic acids is 1. The molecule has 1 aromatic carbocycles. The Bertz CT molecular complexity index is 508. The third kappa shape index (κ3) is 2.57. The van der Waals surface area contributed by atoms with E-state index in [9.17, 15) is 17.6 Å². The van der Waals surface area contributed by atoms with E-state index in [4.69, 9.17) is 5.11 Å². The first-order valence-electron chi connectivity index (χ1n) is 4.64. The fourth-order valence-corrected chi connectivity index (χ4v) is 2.59. The van der Waals surface area contributed by atoms with Crippen LogP contribution >= 0.6 is 0 Å². The number of sulfone groups is 1. The normalized spacial score (nSPS) is 11.4. The van der Waals surface area contributed by atoms with Crippen LogP contribution in [0.3, 0.4) is 0 Å². The van der Waals surface area contributed by atoms with Crippen molar-refractivity contribution < 1.29 is 22.7 Å². The lowest BCUT2D eigenvalue weighted by Crippen LogP contribution is -2.09. The molecule has 0 saturated carbocycles. The summed E-state index contributed by atoms with van der Waals surface area (Å²) in [6, 6.07) is 2.78. The van der Waals surface area contributed by atoms with E-state index in [0.29, 0.717) is 6.42 Å². The molecule has 0 aliphatic heterocycles. The molecular formula is C10H11FO4S. The van der Waals surface area contributed by atoms with Crippen LogP contribution in [0.4, 0.5) is 4.39 Å². The SMILES string of the molecule is CCCS(=O)(=O)c1ccc(F)c(C(=O)O)c1. The molecule has 1 aromatic rings. The molecule has 88 valence electrons. The lowest BCUT2D eigenvalue weighted by molar-refractivity contribution is 0.0691. The van der Waals surface area contributed by atoms with Gasteiger partial charge < -0.3 is 5.11 Å². The van der Waals surface area contributed by atoms with E-state index >= 15 is 0 Å². The molecule has 0 bridgehead atoms. The van der Waals surface area contributed by atoms with Crippen LogP contribution in [0.15, 0.2) is 23.1 Å². The Balaban J connectivity index is 3.28. The average molecular weight is 246 g/mol. The number of rotatable bonds is 4. The van der Waals surface area contributed by atoms with Gasteiger partial charge >= 0.3 is 5.97 Å². The number of benzene rings is 1. The molecule has 0 saturated heterocycles. The van der Waals surface area contributed by atoms with Crippen LogP contribution in [-0.4, -0.2) is 25.2 Å². The van der Waals surface area contributed by atoms with Gasteiger partial charge in [-0.2, -0.15) is 0 Å². The first-order valence-corrected chi connectivity index (χ1v) is 6.29. The standard InChI is InChI=1S/C10H11FO4S/c1-2-5-16(14,15)7-3-4-9(11)8(6-7)10(12)13/h3-4,6H,2,5H2,1H3,(H,12,13). The van der Waals surface area contributed by atoms with Crippen LogP contribution in [-0.2, 0) is 9.84 Å². The Morgan fingerprint density at radius 2 is 2.06 bits per heavy atom. The molecule has 0 amide bonds. The van der Waals surface area contributed by atoms with Crippen LogP contribution in [0.5, 0.6) is 0 Å². The van der Waals surface area contributed by atoms with Crippen molar-refractivity contribution >= 4 is 15.8 Å². The summed E-state index contributed by atoms with van der Waals surface area (Å²) in [5, 5.41) is 8.65. The summed E-state index contributed by atoms with van der Waals surface area (Å²) in [4.78, 5) is 10.5. The second kappa shape index (κ2) is 4.61. The van der Waals surface area contributed by atoms with Crippen molar-refractivity contribution in [2.45, 2.75) is 18.2 Å². The monoisotopic (exact) mass is 246 g/mol. The van der Waals surface area contributed by atoms with Gasteiger partial charge in [0.2, 0.25) is 0 Å². The van der Waals surface area contributed by atoms with Crippen molar-refractivity contribution in [1.82, 2.24) is 0 Å². The molecule has 0 unspecified atom stereocenters. The molecule has 1 N–H and O–H groups in total. The van der Waals surface area contributed by atoms with Crippen LogP contribution < -0.4 is 0 Å². The van der Waals surface area contributed by atoms with Gasteiger partial charge in [-0.1, -0.05) is 6.92 Å². The smallest absolute Gasteiger partial charge is 0.338 e. The summed E-state index contributed by atoms with van der Waals surface area (Å²) >= 11 is 0. The van der Waals surface area contributed by atoms with Gasteiger partial charge in [0.05, 0.1) is 16.2 Å². The predicted octanol–water partition coefficient (Wildman–Crippen LogP) is 1.71. The topological polar surface area (TPSA) is 71.4 Å². The van der Waals surface area contributed by atoms with Crippen LogP contribution in [0, 0.1) is 5.82 Å². The summed E-state index contributed by atoms with van der Waals surface area (Å²) in [6.45, 7) is 1.69. The maximum absolute atomic E-state index is 13.0. The van der Waals surface area contributed by atoms with Crippen molar-refractivity contribution in [2.75, 3.05) is 5.75 Å². The summed E-state index contributed by atoms with van der Waals surface area (Å²) < 4.78 is 36.2. The van der Waals surface area contributed by atoms with E-state index in [-0.39, 0.29) is 10.6 Å². The Hall–Kier alpha value is -1.43. The van der Waals surface area contributed by atoms with Gasteiger partial charge in [0.25, 0.3) is 0 Å². The minimum Gasteiger partial charge on any atom is -0.478 e. The molecular weight excluding hydrogens is 235 g/mol. The maximum Gasteiger partial charge on any atom is 0.338 e. The molecule has 0 atom stereocenters. The fourth-order valence-electron chi connectivity index (χ4n) is 1.25. The molecule has 4 nitrogen and oxygen atoms in total. The molecule has 0 aromatic heterocycles. The lowest BCUT2D eigenvalue weighted by atomic mass is 10.2. The van der Waals surface area contributed by atoms with Gasteiger partial charge in [0.1, 0.15) is 5.82 Å². The van der Waals surface area contributed by atoms with Crippen molar-refractivity contribution in [3.8, 4) is 0 Å². The molecule has 0 aliphatic carbocycles. The van der Waals surface area contributed by atoms with E-state index in [2.05, 4.69) is 0 Å². The third-order valence-electron chi connectivity index (χ3n) is 2.00. The van der Waals surface area contributed by atoms with Crippen molar-refractivity contribution in [1.29, 1.82) is 0 Å². The molecule has 0 radical (unpaired) electrons. The fraction of sp³-hybridized carbons (Fsp3) is 0.300. The first kappa shape index (κ1) is 12.6. The molecule has 16 heavy (non-hydrogen) atoms. The van der Waals surface area contributed by atoms with Crippen LogP contribution in [0.1, 0.15) is 23.7 Å². The van der Waals surface area contributed by atoms with E-state index in [1.807, 2.05) is 0 Å².